The maximum atomic E-state index is 12.7. The molecule has 2 aromatic rings. The molecule has 1 N–H and O–H groups in total. The Morgan fingerprint density at radius 1 is 1.07 bits per heavy atom. The zero-order valence-electron chi connectivity index (χ0n) is 15.9. The molecule has 1 saturated heterocycles. The van der Waals surface area contributed by atoms with E-state index in [1.165, 1.54) is 19.4 Å². The van der Waals surface area contributed by atoms with Crippen LogP contribution < -0.4 is 14.2 Å². The van der Waals surface area contributed by atoms with E-state index in [4.69, 9.17) is 26.4 Å². The van der Waals surface area contributed by atoms with Gasteiger partial charge in [0.1, 0.15) is 11.5 Å². The van der Waals surface area contributed by atoms with Crippen LogP contribution in [-0.2, 0) is 4.79 Å². The highest BCUT2D eigenvalue weighted by Crippen LogP contribution is 2.34. The molecule has 3 rings (SSSR count). The third-order valence-electron chi connectivity index (χ3n) is 4.03. The van der Waals surface area contributed by atoms with E-state index >= 15 is 0 Å². The highest BCUT2D eigenvalue weighted by Gasteiger charge is 2.32. The predicted molar refractivity (Wildman–Crippen MR) is 117 cm³/mol. The summed E-state index contributed by atoms with van der Waals surface area (Å²) >= 11 is 6.44. The molecule has 1 aliphatic rings. The van der Waals surface area contributed by atoms with Crippen molar-refractivity contribution in [2.75, 3.05) is 21.3 Å². The Labute approximate surface area is 177 Å². The summed E-state index contributed by atoms with van der Waals surface area (Å²) in [6.07, 6.45) is 3.18. The normalized spacial score (nSPS) is 15.4. The lowest BCUT2D eigenvalue weighted by Gasteiger charge is -2.09. The minimum absolute atomic E-state index is 0.0234. The monoisotopic (exact) mass is 430 g/mol. The first-order valence-electron chi connectivity index (χ1n) is 8.37. The summed E-state index contributed by atoms with van der Waals surface area (Å²) < 4.78 is 15.9. The minimum atomic E-state index is -0.337. The van der Waals surface area contributed by atoms with E-state index in [0.29, 0.717) is 37.6 Å². The number of carbonyl (C=O) groups is 1. The van der Waals surface area contributed by atoms with Crippen molar-refractivity contribution in [3.05, 3.63) is 52.4 Å². The number of phenolic OH excluding ortho intramolecular Hbond substituents is 1. The summed E-state index contributed by atoms with van der Waals surface area (Å²) in [5.41, 5.74) is 1.37. The first kappa shape index (κ1) is 20.7. The Bertz CT molecular complexity index is 1020. The first-order valence-corrected chi connectivity index (χ1v) is 9.60. The summed E-state index contributed by atoms with van der Waals surface area (Å²) in [6.45, 7) is 0. The maximum absolute atomic E-state index is 12.7. The fraction of sp³-hybridized carbons (Fsp3) is 0.150. The van der Waals surface area contributed by atoms with Crippen molar-refractivity contribution in [2.45, 2.75) is 0 Å². The van der Waals surface area contributed by atoms with Gasteiger partial charge < -0.3 is 19.3 Å². The molecular weight excluding hydrogens is 412 g/mol. The Morgan fingerprint density at radius 3 is 2.52 bits per heavy atom. The number of hydrogen-bond acceptors (Lipinski definition) is 8. The van der Waals surface area contributed by atoms with Crippen molar-refractivity contribution in [1.82, 2.24) is 5.01 Å². The molecule has 29 heavy (non-hydrogen) atoms. The van der Waals surface area contributed by atoms with Crippen molar-refractivity contribution in [3.8, 4) is 23.0 Å². The largest absolute Gasteiger partial charge is 0.504 e. The molecule has 0 aromatic heterocycles. The van der Waals surface area contributed by atoms with Gasteiger partial charge in [0.2, 0.25) is 0 Å². The van der Waals surface area contributed by atoms with Crippen molar-refractivity contribution in [1.29, 1.82) is 0 Å². The average Bonchev–Trinajstić information content (AvgIpc) is 3.00. The van der Waals surface area contributed by atoms with Crippen molar-refractivity contribution >= 4 is 46.5 Å². The molecule has 1 amide bonds. The molecule has 150 valence electrons. The summed E-state index contributed by atoms with van der Waals surface area (Å²) in [6, 6.07) is 10.1. The zero-order valence-corrected chi connectivity index (χ0v) is 17.5. The van der Waals surface area contributed by atoms with Crippen LogP contribution in [0.1, 0.15) is 11.1 Å². The van der Waals surface area contributed by atoms with E-state index < -0.39 is 0 Å². The Hall–Kier alpha value is -3.04. The van der Waals surface area contributed by atoms with Crippen molar-refractivity contribution in [2.24, 2.45) is 5.10 Å². The van der Waals surface area contributed by atoms with Gasteiger partial charge in [-0.1, -0.05) is 17.8 Å². The van der Waals surface area contributed by atoms with E-state index in [1.54, 1.807) is 50.6 Å². The fourth-order valence-electron chi connectivity index (χ4n) is 2.54. The molecule has 1 aliphatic heterocycles. The smallest absolute Gasteiger partial charge is 0.286 e. The topological polar surface area (TPSA) is 80.6 Å². The number of amides is 1. The van der Waals surface area contributed by atoms with Gasteiger partial charge in [-0.2, -0.15) is 10.1 Å². The van der Waals surface area contributed by atoms with E-state index in [0.717, 1.165) is 16.8 Å². The van der Waals surface area contributed by atoms with Crippen LogP contribution >= 0.6 is 24.0 Å². The van der Waals surface area contributed by atoms with Crippen LogP contribution in [0.3, 0.4) is 0 Å². The number of thiocarbonyl (C=S) groups is 1. The van der Waals surface area contributed by atoms with Gasteiger partial charge in [-0.25, -0.2) is 0 Å². The Kier molecular flexibility index (Phi) is 6.40. The Balaban J connectivity index is 1.83. The average molecular weight is 431 g/mol. The maximum Gasteiger partial charge on any atom is 0.286 e. The molecule has 9 heteroatoms. The van der Waals surface area contributed by atoms with Gasteiger partial charge in [-0.15, -0.1) is 0 Å². The van der Waals surface area contributed by atoms with Gasteiger partial charge >= 0.3 is 0 Å². The van der Waals surface area contributed by atoms with Gasteiger partial charge in [-0.05, 0) is 48.1 Å². The van der Waals surface area contributed by atoms with Gasteiger partial charge in [0.15, 0.2) is 15.8 Å². The second kappa shape index (κ2) is 8.97. The summed E-state index contributed by atoms with van der Waals surface area (Å²) in [7, 11) is 4.57. The quantitative estimate of drug-likeness (QED) is 0.426. The number of nitrogens with zero attached hydrogens (tertiary/aromatic N) is 2. The number of hydrogen-bond donors (Lipinski definition) is 1. The third kappa shape index (κ3) is 4.52. The van der Waals surface area contributed by atoms with Crippen LogP contribution in [0.5, 0.6) is 23.0 Å². The third-order valence-corrected chi connectivity index (χ3v) is 5.31. The predicted octanol–water partition coefficient (Wildman–Crippen LogP) is 3.65. The minimum Gasteiger partial charge on any atom is -0.504 e. The van der Waals surface area contributed by atoms with Gasteiger partial charge in [0, 0.05) is 11.6 Å². The molecule has 0 spiro atoms. The molecule has 0 saturated carbocycles. The van der Waals surface area contributed by atoms with Gasteiger partial charge in [0.05, 0.1) is 32.4 Å². The summed E-state index contributed by atoms with van der Waals surface area (Å²) in [5.74, 6) is 1.21. The van der Waals surface area contributed by atoms with E-state index in [2.05, 4.69) is 5.10 Å². The molecule has 0 atom stereocenters. The van der Waals surface area contributed by atoms with Crippen LogP contribution in [0.4, 0.5) is 0 Å². The molecule has 1 fully saturated rings. The van der Waals surface area contributed by atoms with Crippen LogP contribution in [0.2, 0.25) is 0 Å². The molecular formula is C20H18N2O5S2. The van der Waals surface area contributed by atoms with Gasteiger partial charge in [-0.3, -0.25) is 4.79 Å². The van der Waals surface area contributed by atoms with Crippen molar-refractivity contribution < 1.29 is 24.1 Å². The number of benzene rings is 2. The number of hydrazone groups is 1. The number of methoxy groups -OCH3 is 3. The van der Waals surface area contributed by atoms with Crippen LogP contribution in [0.15, 0.2) is 46.4 Å². The lowest BCUT2D eigenvalue weighted by molar-refractivity contribution is -0.122. The zero-order chi connectivity index (χ0) is 21.0. The number of carbonyl (C=O) groups excluding carboxylic acids is 1. The number of phenols is 1. The van der Waals surface area contributed by atoms with Crippen LogP contribution in [-0.4, -0.2) is 47.9 Å². The molecule has 0 aliphatic carbocycles. The fourth-order valence-corrected chi connectivity index (χ4v) is 3.71. The van der Waals surface area contributed by atoms with Crippen LogP contribution in [0, 0.1) is 0 Å². The van der Waals surface area contributed by atoms with Crippen LogP contribution in [0.25, 0.3) is 6.08 Å². The number of thioether (sulfide) groups is 1. The van der Waals surface area contributed by atoms with Crippen molar-refractivity contribution in [3.63, 3.8) is 0 Å². The molecule has 1 heterocycles. The molecule has 0 radical (unpaired) electrons. The second-order valence-corrected chi connectivity index (χ2v) is 7.45. The van der Waals surface area contributed by atoms with E-state index in [1.807, 2.05) is 0 Å². The number of ether oxygens (including phenoxy) is 3. The number of aromatic hydroxyl groups is 1. The molecule has 2 aromatic carbocycles. The molecule has 0 unspecified atom stereocenters. The highest BCUT2D eigenvalue weighted by atomic mass is 32.2. The first-order chi connectivity index (χ1) is 14.0. The standard InChI is InChI=1S/C20H18N2O5S2/c1-25-14-6-5-13(16(10-14)26-2)11-21-22-19(24)18(29-20(22)28)9-12-4-7-15(23)17(8-12)27-3/h4-11,23H,1-3H3/b18-9+,21-11+. The highest BCUT2D eigenvalue weighted by molar-refractivity contribution is 8.26. The summed E-state index contributed by atoms with van der Waals surface area (Å²) in [5, 5.41) is 15.1. The Morgan fingerprint density at radius 2 is 1.83 bits per heavy atom. The van der Waals surface area contributed by atoms with Gasteiger partial charge in [0.25, 0.3) is 5.91 Å². The summed E-state index contributed by atoms with van der Waals surface area (Å²) in [4.78, 5) is 13.1. The van der Waals surface area contributed by atoms with E-state index in [-0.39, 0.29) is 11.7 Å². The molecule has 7 nitrogen and oxygen atoms in total. The SMILES string of the molecule is COc1ccc(/C=N/N2C(=O)/C(=C\c3ccc(O)c(OC)c3)SC2=S)c(OC)c1. The van der Waals surface area contributed by atoms with E-state index in [9.17, 15) is 9.90 Å². The number of rotatable bonds is 6. The lowest BCUT2D eigenvalue weighted by atomic mass is 10.2. The molecule has 0 bridgehead atoms. The lowest BCUT2D eigenvalue weighted by Crippen LogP contribution is -2.22. The second-order valence-electron chi connectivity index (χ2n) is 5.78.